The minimum Gasteiger partial charge on any atom is -0.508 e. The van der Waals surface area contributed by atoms with Crippen molar-refractivity contribution in [2.45, 2.75) is 47.0 Å². The van der Waals surface area contributed by atoms with E-state index in [1.54, 1.807) is 25.2 Å². The van der Waals surface area contributed by atoms with Crippen molar-refractivity contribution in [3.05, 3.63) is 36.1 Å². The molecule has 2 heteroatoms. The fraction of sp³-hybridized carbons (Fsp3) is 0.600. The molecule has 1 saturated heterocycles. The van der Waals surface area contributed by atoms with Gasteiger partial charge in [0, 0.05) is 0 Å². The molecule has 1 aliphatic heterocycles. The van der Waals surface area contributed by atoms with E-state index in [4.69, 9.17) is 5.11 Å². The number of aliphatic hydroxyl groups excluding tert-OH is 1. The van der Waals surface area contributed by atoms with Gasteiger partial charge in [0.15, 0.2) is 0 Å². The smallest absolute Gasteiger partial charge is 0.111 e. The van der Waals surface area contributed by atoms with Gasteiger partial charge in [-0.15, -0.1) is 0 Å². The third kappa shape index (κ3) is 15.0. The maximum atomic E-state index is 8.90. The summed E-state index contributed by atoms with van der Waals surface area (Å²) in [5.41, 5.74) is 0.964. The van der Waals surface area contributed by atoms with Crippen molar-refractivity contribution < 1.29 is 5.11 Å². The van der Waals surface area contributed by atoms with Crippen molar-refractivity contribution in [3.8, 4) is 0 Å². The zero-order chi connectivity index (χ0) is 13.5. The van der Waals surface area contributed by atoms with E-state index in [9.17, 15) is 0 Å². The summed E-state index contributed by atoms with van der Waals surface area (Å²) in [4.78, 5) is 0. The molecule has 0 amide bonds. The normalized spacial score (nSPS) is 16.0. The quantitative estimate of drug-likeness (QED) is 0.554. The Hall–Kier alpha value is -1.02. The van der Waals surface area contributed by atoms with Gasteiger partial charge >= 0.3 is 0 Å². The first kappa shape index (κ1) is 18.3. The summed E-state index contributed by atoms with van der Waals surface area (Å²) in [6, 6.07) is 0. The van der Waals surface area contributed by atoms with Gasteiger partial charge in [0.1, 0.15) is 5.76 Å². The van der Waals surface area contributed by atoms with Gasteiger partial charge < -0.3 is 10.4 Å². The van der Waals surface area contributed by atoms with Crippen LogP contribution < -0.4 is 5.32 Å². The van der Waals surface area contributed by atoms with Crippen LogP contribution in [0.1, 0.15) is 47.0 Å². The molecule has 2 nitrogen and oxygen atoms in total. The van der Waals surface area contributed by atoms with E-state index in [1.165, 1.54) is 32.4 Å². The highest BCUT2D eigenvalue weighted by atomic mass is 16.3. The SMILES string of the molecule is C1CCNCC1.C=C/C(C)=C\C(O)=C/C.CC. The Kier molecular flexibility index (Phi) is 16.2. The lowest BCUT2D eigenvalue weighted by Crippen LogP contribution is -2.21. The highest BCUT2D eigenvalue weighted by molar-refractivity contribution is 5.22. The highest BCUT2D eigenvalue weighted by Crippen LogP contribution is 1.98. The fourth-order valence-corrected chi connectivity index (χ4v) is 1.18. The molecule has 0 aromatic heterocycles. The van der Waals surface area contributed by atoms with Crippen LogP contribution in [0.3, 0.4) is 0 Å². The van der Waals surface area contributed by atoms with Crippen molar-refractivity contribution in [2.75, 3.05) is 13.1 Å². The van der Waals surface area contributed by atoms with Crippen molar-refractivity contribution in [1.82, 2.24) is 5.32 Å². The molecule has 0 aliphatic carbocycles. The van der Waals surface area contributed by atoms with Gasteiger partial charge in [-0.05, 0) is 57.5 Å². The zero-order valence-electron chi connectivity index (χ0n) is 11.9. The van der Waals surface area contributed by atoms with Gasteiger partial charge in [0.25, 0.3) is 0 Å². The maximum absolute atomic E-state index is 8.90. The average molecular weight is 239 g/mol. The van der Waals surface area contributed by atoms with E-state index in [1.807, 2.05) is 20.8 Å². The molecule has 0 aromatic carbocycles. The summed E-state index contributed by atoms with van der Waals surface area (Å²) >= 11 is 0. The Bertz CT molecular complexity index is 214. The molecule has 0 atom stereocenters. The van der Waals surface area contributed by atoms with Crippen LogP contribution in [-0.2, 0) is 0 Å². The first-order chi connectivity index (χ1) is 8.20. The molecule has 1 fully saturated rings. The van der Waals surface area contributed by atoms with E-state index >= 15 is 0 Å². The van der Waals surface area contributed by atoms with E-state index in [0.29, 0.717) is 0 Å². The number of hydrogen-bond donors (Lipinski definition) is 2. The van der Waals surface area contributed by atoms with Crippen LogP contribution >= 0.6 is 0 Å². The topological polar surface area (TPSA) is 32.3 Å². The molecule has 0 aromatic rings. The second-order valence-electron chi connectivity index (χ2n) is 3.62. The van der Waals surface area contributed by atoms with Crippen LogP contribution in [0.5, 0.6) is 0 Å². The number of piperidine rings is 1. The molecule has 2 N–H and O–H groups in total. The highest BCUT2D eigenvalue weighted by Gasteiger charge is 1.93. The van der Waals surface area contributed by atoms with Crippen molar-refractivity contribution in [3.63, 3.8) is 0 Å². The van der Waals surface area contributed by atoms with Gasteiger partial charge in [-0.3, -0.25) is 0 Å². The number of allylic oxidation sites excluding steroid dienone is 4. The monoisotopic (exact) mass is 239 g/mol. The molecule has 17 heavy (non-hydrogen) atoms. The van der Waals surface area contributed by atoms with Gasteiger partial charge in [0.05, 0.1) is 0 Å². The number of hydrogen-bond acceptors (Lipinski definition) is 2. The molecule has 0 bridgehead atoms. The second-order valence-corrected chi connectivity index (χ2v) is 3.62. The standard InChI is InChI=1S/C8H12O.C5H11N.C2H6/c1-4-7(3)6-8(9)5-2;1-2-4-6-5-3-1;1-2/h4-6,9H,1H2,2-3H3;6H,1-5H2;1-2H3/b7-6-,8-5+;;. The third-order valence-corrected chi connectivity index (χ3v) is 2.20. The van der Waals surface area contributed by atoms with Crippen LogP contribution in [0, 0.1) is 0 Å². The number of nitrogens with one attached hydrogen (secondary N) is 1. The molecule has 0 saturated carbocycles. The molecular weight excluding hydrogens is 210 g/mol. The summed E-state index contributed by atoms with van der Waals surface area (Å²) in [5, 5.41) is 12.2. The molecule has 1 rings (SSSR count). The molecule has 0 spiro atoms. The minimum atomic E-state index is 0.285. The Morgan fingerprint density at radius 2 is 1.71 bits per heavy atom. The van der Waals surface area contributed by atoms with Crippen molar-refractivity contribution in [2.24, 2.45) is 0 Å². The van der Waals surface area contributed by atoms with Crippen LogP contribution in [0.15, 0.2) is 36.1 Å². The largest absolute Gasteiger partial charge is 0.508 e. The van der Waals surface area contributed by atoms with Crippen LogP contribution in [0.2, 0.25) is 0 Å². The second kappa shape index (κ2) is 15.0. The minimum absolute atomic E-state index is 0.285. The Morgan fingerprint density at radius 1 is 1.18 bits per heavy atom. The predicted octanol–water partition coefficient (Wildman–Crippen LogP) is 4.37. The first-order valence-corrected chi connectivity index (χ1v) is 6.57. The number of aliphatic hydroxyl groups is 1. The predicted molar refractivity (Wildman–Crippen MR) is 78.4 cm³/mol. The van der Waals surface area contributed by atoms with Crippen molar-refractivity contribution in [1.29, 1.82) is 0 Å². The van der Waals surface area contributed by atoms with Gasteiger partial charge in [-0.1, -0.05) is 32.9 Å². The van der Waals surface area contributed by atoms with Crippen molar-refractivity contribution >= 4 is 0 Å². The summed E-state index contributed by atoms with van der Waals surface area (Å²) < 4.78 is 0. The van der Waals surface area contributed by atoms with Crippen LogP contribution in [0.4, 0.5) is 0 Å². The van der Waals surface area contributed by atoms with Crippen LogP contribution in [-0.4, -0.2) is 18.2 Å². The van der Waals surface area contributed by atoms with Gasteiger partial charge in [-0.25, -0.2) is 0 Å². The summed E-state index contributed by atoms with van der Waals surface area (Å²) in [6.07, 6.45) is 9.20. The molecule has 0 unspecified atom stereocenters. The molecule has 0 radical (unpaired) electrons. The van der Waals surface area contributed by atoms with Gasteiger partial charge in [-0.2, -0.15) is 0 Å². The molecule has 1 aliphatic rings. The Labute approximate surface area is 107 Å². The lowest BCUT2D eigenvalue weighted by molar-refractivity contribution is 0.431. The Morgan fingerprint density at radius 3 is 1.94 bits per heavy atom. The third-order valence-electron chi connectivity index (χ3n) is 2.20. The molecule has 1 heterocycles. The van der Waals surface area contributed by atoms with Gasteiger partial charge in [0.2, 0.25) is 0 Å². The maximum Gasteiger partial charge on any atom is 0.111 e. The lowest BCUT2D eigenvalue weighted by atomic mass is 10.2. The molecular formula is C15H29NO. The van der Waals surface area contributed by atoms with Crippen LogP contribution in [0.25, 0.3) is 0 Å². The average Bonchev–Trinajstić information content (AvgIpc) is 2.43. The summed E-state index contributed by atoms with van der Waals surface area (Å²) in [7, 11) is 0. The molecule has 100 valence electrons. The first-order valence-electron chi connectivity index (χ1n) is 6.57. The van der Waals surface area contributed by atoms with E-state index in [0.717, 1.165) is 5.57 Å². The Balaban J connectivity index is 0. The zero-order valence-corrected chi connectivity index (χ0v) is 11.9. The van der Waals surface area contributed by atoms with E-state index in [-0.39, 0.29) is 5.76 Å². The lowest BCUT2D eigenvalue weighted by Gasteiger charge is -2.08. The summed E-state index contributed by atoms with van der Waals surface area (Å²) in [6.45, 7) is 13.7. The summed E-state index contributed by atoms with van der Waals surface area (Å²) in [5.74, 6) is 0.285. The van der Waals surface area contributed by atoms with E-state index < -0.39 is 0 Å². The van der Waals surface area contributed by atoms with E-state index in [2.05, 4.69) is 11.9 Å². The fourth-order valence-electron chi connectivity index (χ4n) is 1.18. The number of rotatable bonds is 2.